The molecule has 0 atom stereocenters. The molecule has 0 aliphatic heterocycles. The van der Waals surface area contributed by atoms with E-state index in [1.165, 1.54) is 12.7 Å². The second-order valence-corrected chi connectivity index (χ2v) is 3.91. The maximum atomic E-state index is 11.4. The van der Waals surface area contributed by atoms with Crippen LogP contribution in [0.3, 0.4) is 0 Å². The number of benzene rings is 2. The number of rotatable bonds is 4. The molecule has 0 bridgehead atoms. The Kier molecular flexibility index (Phi) is 3.97. The maximum Gasteiger partial charge on any atom is 0.337 e. The van der Waals surface area contributed by atoms with Gasteiger partial charge < -0.3 is 10.1 Å². The highest BCUT2D eigenvalue weighted by atomic mass is 16.5. The predicted molar refractivity (Wildman–Crippen MR) is 71.6 cm³/mol. The quantitative estimate of drug-likeness (QED) is 0.836. The Balaban J connectivity index is 2.04. The minimum atomic E-state index is -0.321. The van der Waals surface area contributed by atoms with Gasteiger partial charge in [0.05, 0.1) is 12.7 Å². The van der Waals surface area contributed by atoms with E-state index in [9.17, 15) is 4.79 Å². The van der Waals surface area contributed by atoms with Gasteiger partial charge in [0.1, 0.15) is 0 Å². The molecule has 0 spiro atoms. The zero-order valence-electron chi connectivity index (χ0n) is 10.2. The van der Waals surface area contributed by atoms with Crippen LogP contribution in [0.1, 0.15) is 15.9 Å². The maximum absolute atomic E-state index is 11.4. The third kappa shape index (κ3) is 3.10. The summed E-state index contributed by atoms with van der Waals surface area (Å²) in [4.78, 5) is 11.4. The normalized spacial score (nSPS) is 9.83. The van der Waals surface area contributed by atoms with Crippen molar-refractivity contribution in [1.82, 2.24) is 0 Å². The van der Waals surface area contributed by atoms with Crippen LogP contribution < -0.4 is 5.32 Å². The van der Waals surface area contributed by atoms with Crippen molar-refractivity contribution in [3.8, 4) is 0 Å². The van der Waals surface area contributed by atoms with Gasteiger partial charge in [0.25, 0.3) is 0 Å². The first-order valence-electron chi connectivity index (χ1n) is 5.76. The number of hydrogen-bond acceptors (Lipinski definition) is 3. The monoisotopic (exact) mass is 241 g/mol. The highest BCUT2D eigenvalue weighted by Crippen LogP contribution is 2.12. The lowest BCUT2D eigenvalue weighted by atomic mass is 10.2. The van der Waals surface area contributed by atoms with E-state index in [0.717, 1.165) is 12.2 Å². The van der Waals surface area contributed by atoms with Crippen molar-refractivity contribution in [2.75, 3.05) is 12.4 Å². The summed E-state index contributed by atoms with van der Waals surface area (Å²) in [6.07, 6.45) is 0. The molecule has 3 nitrogen and oxygen atoms in total. The van der Waals surface area contributed by atoms with Crippen molar-refractivity contribution in [3.05, 3.63) is 65.7 Å². The van der Waals surface area contributed by atoms with Crippen molar-refractivity contribution in [3.63, 3.8) is 0 Å². The minimum absolute atomic E-state index is 0.321. The Morgan fingerprint density at radius 1 is 1.11 bits per heavy atom. The minimum Gasteiger partial charge on any atom is -0.465 e. The Labute approximate surface area is 106 Å². The number of anilines is 1. The topological polar surface area (TPSA) is 38.3 Å². The molecule has 1 N–H and O–H groups in total. The molecular weight excluding hydrogens is 226 g/mol. The van der Waals surface area contributed by atoms with Crippen LogP contribution in [0.2, 0.25) is 0 Å². The van der Waals surface area contributed by atoms with Gasteiger partial charge in [-0.25, -0.2) is 4.79 Å². The molecule has 92 valence electrons. The molecule has 0 fully saturated rings. The van der Waals surface area contributed by atoms with E-state index in [1.807, 2.05) is 30.3 Å². The van der Waals surface area contributed by atoms with Gasteiger partial charge in [-0.1, -0.05) is 36.4 Å². The molecule has 0 saturated heterocycles. The van der Waals surface area contributed by atoms with Gasteiger partial charge in [0.2, 0.25) is 0 Å². The molecule has 3 heteroatoms. The summed E-state index contributed by atoms with van der Waals surface area (Å²) in [6, 6.07) is 17.4. The Morgan fingerprint density at radius 2 is 1.89 bits per heavy atom. The number of carbonyl (C=O) groups is 1. The lowest BCUT2D eigenvalue weighted by molar-refractivity contribution is 0.0601. The van der Waals surface area contributed by atoms with E-state index in [-0.39, 0.29) is 5.97 Å². The molecule has 0 saturated carbocycles. The zero-order valence-corrected chi connectivity index (χ0v) is 10.2. The SMILES string of the molecule is COC(=O)c1cccc(NCc2ccccc2)c1. The molecule has 0 amide bonds. The third-order valence-corrected chi connectivity index (χ3v) is 2.62. The second-order valence-electron chi connectivity index (χ2n) is 3.91. The largest absolute Gasteiger partial charge is 0.465 e. The van der Waals surface area contributed by atoms with E-state index in [4.69, 9.17) is 0 Å². The van der Waals surface area contributed by atoms with Gasteiger partial charge >= 0.3 is 5.97 Å². The molecule has 0 aliphatic rings. The first-order valence-corrected chi connectivity index (χ1v) is 5.76. The van der Waals surface area contributed by atoms with E-state index in [0.29, 0.717) is 5.56 Å². The second kappa shape index (κ2) is 5.87. The summed E-state index contributed by atoms with van der Waals surface area (Å²) in [5.41, 5.74) is 2.65. The summed E-state index contributed by atoms with van der Waals surface area (Å²) in [5.74, 6) is -0.321. The fourth-order valence-electron chi connectivity index (χ4n) is 1.67. The molecule has 2 aromatic rings. The van der Waals surface area contributed by atoms with Crippen LogP contribution in [0.15, 0.2) is 54.6 Å². The summed E-state index contributed by atoms with van der Waals surface area (Å²) in [5, 5.41) is 3.27. The molecule has 2 aromatic carbocycles. The van der Waals surface area contributed by atoms with Gasteiger partial charge in [-0.3, -0.25) is 0 Å². The number of carbonyl (C=O) groups excluding carboxylic acids is 1. The highest BCUT2D eigenvalue weighted by molar-refractivity contribution is 5.90. The summed E-state index contributed by atoms with van der Waals surface area (Å²) >= 11 is 0. The molecule has 0 heterocycles. The van der Waals surface area contributed by atoms with Crippen molar-refractivity contribution >= 4 is 11.7 Å². The number of methoxy groups -OCH3 is 1. The van der Waals surface area contributed by atoms with Crippen LogP contribution in [-0.2, 0) is 11.3 Å². The summed E-state index contributed by atoms with van der Waals surface area (Å²) in [6.45, 7) is 0.728. The van der Waals surface area contributed by atoms with Gasteiger partial charge in [-0.2, -0.15) is 0 Å². The van der Waals surface area contributed by atoms with Crippen molar-refractivity contribution in [2.24, 2.45) is 0 Å². The van der Waals surface area contributed by atoms with Crippen LogP contribution in [0, 0.1) is 0 Å². The Morgan fingerprint density at radius 3 is 2.61 bits per heavy atom. The zero-order chi connectivity index (χ0) is 12.8. The number of ether oxygens (including phenoxy) is 1. The number of hydrogen-bond donors (Lipinski definition) is 1. The van der Waals surface area contributed by atoms with Gasteiger partial charge in [-0.05, 0) is 23.8 Å². The summed E-state index contributed by atoms with van der Waals surface area (Å²) in [7, 11) is 1.38. The molecule has 0 aliphatic carbocycles. The average Bonchev–Trinajstić information content (AvgIpc) is 2.45. The highest BCUT2D eigenvalue weighted by Gasteiger charge is 2.05. The molecule has 2 rings (SSSR count). The lowest BCUT2D eigenvalue weighted by Gasteiger charge is -2.07. The smallest absolute Gasteiger partial charge is 0.337 e. The average molecular weight is 241 g/mol. The number of nitrogens with one attached hydrogen (secondary N) is 1. The molecular formula is C15H15NO2. The van der Waals surface area contributed by atoms with Gasteiger partial charge in [0.15, 0.2) is 0 Å². The van der Waals surface area contributed by atoms with Crippen LogP contribution in [-0.4, -0.2) is 13.1 Å². The lowest BCUT2D eigenvalue weighted by Crippen LogP contribution is -2.03. The van der Waals surface area contributed by atoms with Gasteiger partial charge in [0, 0.05) is 12.2 Å². The van der Waals surface area contributed by atoms with E-state index >= 15 is 0 Å². The van der Waals surface area contributed by atoms with Crippen molar-refractivity contribution < 1.29 is 9.53 Å². The molecule has 0 aromatic heterocycles. The molecule has 18 heavy (non-hydrogen) atoms. The standard InChI is InChI=1S/C15H15NO2/c1-18-15(17)13-8-5-9-14(10-13)16-11-12-6-3-2-4-7-12/h2-10,16H,11H2,1H3. The molecule has 0 unspecified atom stereocenters. The first kappa shape index (κ1) is 12.2. The number of esters is 1. The van der Waals surface area contributed by atoms with E-state index in [2.05, 4.69) is 22.2 Å². The van der Waals surface area contributed by atoms with E-state index < -0.39 is 0 Å². The molecule has 0 radical (unpaired) electrons. The predicted octanol–water partition coefficient (Wildman–Crippen LogP) is 3.09. The van der Waals surface area contributed by atoms with Crippen molar-refractivity contribution in [2.45, 2.75) is 6.54 Å². The van der Waals surface area contributed by atoms with Crippen LogP contribution in [0.4, 0.5) is 5.69 Å². The Bertz CT molecular complexity index is 523. The fraction of sp³-hybridized carbons (Fsp3) is 0.133. The fourth-order valence-corrected chi connectivity index (χ4v) is 1.67. The summed E-state index contributed by atoms with van der Waals surface area (Å²) < 4.78 is 4.69. The van der Waals surface area contributed by atoms with Crippen LogP contribution >= 0.6 is 0 Å². The van der Waals surface area contributed by atoms with Gasteiger partial charge in [-0.15, -0.1) is 0 Å². The third-order valence-electron chi connectivity index (χ3n) is 2.62. The van der Waals surface area contributed by atoms with Crippen LogP contribution in [0.25, 0.3) is 0 Å². The van der Waals surface area contributed by atoms with Crippen molar-refractivity contribution in [1.29, 1.82) is 0 Å². The Hall–Kier alpha value is -2.29. The van der Waals surface area contributed by atoms with Crippen LogP contribution in [0.5, 0.6) is 0 Å². The van der Waals surface area contributed by atoms with E-state index in [1.54, 1.807) is 12.1 Å². The first-order chi connectivity index (χ1) is 8.79.